The van der Waals surface area contributed by atoms with Crippen molar-refractivity contribution >= 4 is 11.6 Å². The maximum Gasteiger partial charge on any atom is 0.262 e. The van der Waals surface area contributed by atoms with Crippen molar-refractivity contribution in [1.82, 2.24) is 0 Å². The second kappa shape index (κ2) is 6.70. The first-order chi connectivity index (χ1) is 9.69. The van der Waals surface area contributed by atoms with Crippen LogP contribution in [-0.4, -0.2) is 12.5 Å². The quantitative estimate of drug-likeness (QED) is 0.906. The first kappa shape index (κ1) is 14.1. The zero-order valence-electron chi connectivity index (χ0n) is 11.2. The molecule has 4 heteroatoms. The van der Waals surface area contributed by atoms with Crippen molar-refractivity contribution in [1.29, 1.82) is 0 Å². The summed E-state index contributed by atoms with van der Waals surface area (Å²) in [4.78, 5) is 11.7. The van der Waals surface area contributed by atoms with E-state index in [-0.39, 0.29) is 12.3 Å². The van der Waals surface area contributed by atoms with Crippen LogP contribution in [0, 0.1) is 5.82 Å². The number of nitrogens with one attached hydrogen (secondary N) is 1. The molecule has 2 aromatic rings. The zero-order chi connectivity index (χ0) is 14.4. The number of amides is 1. The van der Waals surface area contributed by atoms with Gasteiger partial charge in [-0.1, -0.05) is 31.2 Å². The maximum atomic E-state index is 13.4. The minimum atomic E-state index is -0.464. The highest BCUT2D eigenvalue weighted by Gasteiger charge is 2.07. The Bertz CT molecular complexity index is 599. The number of halogens is 1. The smallest absolute Gasteiger partial charge is 0.262 e. The molecule has 0 radical (unpaired) electrons. The summed E-state index contributed by atoms with van der Waals surface area (Å²) >= 11 is 0. The molecule has 0 fully saturated rings. The molecule has 1 amide bonds. The van der Waals surface area contributed by atoms with Crippen LogP contribution >= 0.6 is 0 Å². The predicted octanol–water partition coefficient (Wildman–Crippen LogP) is 3.41. The Labute approximate surface area is 117 Å². The molecule has 2 aromatic carbocycles. The Balaban J connectivity index is 1.90. The summed E-state index contributed by atoms with van der Waals surface area (Å²) in [5.41, 5.74) is 1.29. The molecule has 0 aliphatic rings. The van der Waals surface area contributed by atoms with Gasteiger partial charge < -0.3 is 10.1 Å². The standard InChI is InChI=1S/C16H16FNO2/c1-2-12-6-5-7-13(10-12)20-11-16(19)18-15-9-4-3-8-14(15)17/h3-10H,2,11H2,1H3,(H,18,19). The molecule has 0 aliphatic carbocycles. The van der Waals surface area contributed by atoms with E-state index in [0.717, 1.165) is 12.0 Å². The highest BCUT2D eigenvalue weighted by atomic mass is 19.1. The second-order valence-corrected chi connectivity index (χ2v) is 4.32. The number of carbonyl (C=O) groups excluding carboxylic acids is 1. The average Bonchev–Trinajstić information content (AvgIpc) is 2.48. The van der Waals surface area contributed by atoms with Gasteiger partial charge in [-0.3, -0.25) is 4.79 Å². The van der Waals surface area contributed by atoms with E-state index in [2.05, 4.69) is 5.32 Å². The molecule has 0 atom stereocenters. The fraction of sp³-hybridized carbons (Fsp3) is 0.188. The fourth-order valence-electron chi connectivity index (χ4n) is 1.75. The summed E-state index contributed by atoms with van der Waals surface area (Å²) in [7, 11) is 0. The molecular weight excluding hydrogens is 257 g/mol. The number of ether oxygens (including phenoxy) is 1. The first-order valence-corrected chi connectivity index (χ1v) is 6.45. The molecule has 0 unspecified atom stereocenters. The summed E-state index contributed by atoms with van der Waals surface area (Å²) in [6, 6.07) is 13.6. The van der Waals surface area contributed by atoms with Gasteiger partial charge in [-0.25, -0.2) is 4.39 Å². The van der Waals surface area contributed by atoms with Crippen molar-refractivity contribution in [2.45, 2.75) is 13.3 Å². The van der Waals surface area contributed by atoms with Crippen LogP contribution in [0.4, 0.5) is 10.1 Å². The van der Waals surface area contributed by atoms with Crippen LogP contribution in [0.1, 0.15) is 12.5 Å². The van der Waals surface area contributed by atoms with E-state index in [4.69, 9.17) is 4.74 Å². The SMILES string of the molecule is CCc1cccc(OCC(=O)Nc2ccccc2F)c1. The Hall–Kier alpha value is -2.36. The van der Waals surface area contributed by atoms with Gasteiger partial charge in [0.2, 0.25) is 0 Å². The molecular formula is C16H16FNO2. The topological polar surface area (TPSA) is 38.3 Å². The molecule has 0 saturated heterocycles. The van der Waals surface area contributed by atoms with E-state index in [1.165, 1.54) is 12.1 Å². The van der Waals surface area contributed by atoms with Crippen LogP contribution in [0.3, 0.4) is 0 Å². The number of hydrogen-bond donors (Lipinski definition) is 1. The number of hydrogen-bond acceptors (Lipinski definition) is 2. The first-order valence-electron chi connectivity index (χ1n) is 6.45. The minimum Gasteiger partial charge on any atom is -0.484 e. The number of rotatable bonds is 5. The Morgan fingerprint density at radius 1 is 1.20 bits per heavy atom. The molecule has 3 nitrogen and oxygen atoms in total. The lowest BCUT2D eigenvalue weighted by Gasteiger charge is -2.08. The summed E-state index contributed by atoms with van der Waals surface area (Å²) in [5.74, 6) is -0.223. The third-order valence-electron chi connectivity index (χ3n) is 2.82. The lowest BCUT2D eigenvalue weighted by molar-refractivity contribution is -0.118. The Kier molecular flexibility index (Phi) is 4.71. The summed E-state index contributed by atoms with van der Waals surface area (Å²) in [6.07, 6.45) is 0.901. The van der Waals surface area contributed by atoms with Crippen LogP contribution in [0.25, 0.3) is 0 Å². The van der Waals surface area contributed by atoms with Crippen LogP contribution in [0.2, 0.25) is 0 Å². The van der Waals surface area contributed by atoms with Crippen molar-refractivity contribution in [3.8, 4) is 5.75 Å². The third kappa shape index (κ3) is 3.82. The fourth-order valence-corrected chi connectivity index (χ4v) is 1.75. The van der Waals surface area contributed by atoms with Gasteiger partial charge in [-0.05, 0) is 36.2 Å². The van der Waals surface area contributed by atoms with Gasteiger partial charge >= 0.3 is 0 Å². The molecule has 0 bridgehead atoms. The number of benzene rings is 2. The van der Waals surface area contributed by atoms with E-state index in [9.17, 15) is 9.18 Å². The van der Waals surface area contributed by atoms with E-state index < -0.39 is 11.7 Å². The lowest BCUT2D eigenvalue weighted by Crippen LogP contribution is -2.20. The van der Waals surface area contributed by atoms with Crippen molar-refractivity contribution in [3.63, 3.8) is 0 Å². The largest absolute Gasteiger partial charge is 0.484 e. The Morgan fingerprint density at radius 2 is 2.00 bits per heavy atom. The third-order valence-corrected chi connectivity index (χ3v) is 2.82. The van der Waals surface area contributed by atoms with Crippen LogP contribution < -0.4 is 10.1 Å². The number of anilines is 1. The maximum absolute atomic E-state index is 13.4. The van der Waals surface area contributed by atoms with Gasteiger partial charge in [0.05, 0.1) is 5.69 Å². The summed E-state index contributed by atoms with van der Waals surface area (Å²) in [6.45, 7) is 1.89. The molecule has 0 heterocycles. The average molecular weight is 273 g/mol. The van der Waals surface area contributed by atoms with Gasteiger partial charge in [0, 0.05) is 0 Å². The number of aryl methyl sites for hydroxylation is 1. The normalized spacial score (nSPS) is 10.1. The van der Waals surface area contributed by atoms with Gasteiger partial charge in [0.1, 0.15) is 11.6 Å². The van der Waals surface area contributed by atoms with Crippen molar-refractivity contribution in [3.05, 3.63) is 59.9 Å². The van der Waals surface area contributed by atoms with Gasteiger partial charge in [-0.15, -0.1) is 0 Å². The van der Waals surface area contributed by atoms with Crippen molar-refractivity contribution in [2.75, 3.05) is 11.9 Å². The molecule has 104 valence electrons. The van der Waals surface area contributed by atoms with Gasteiger partial charge in [0.15, 0.2) is 6.61 Å². The van der Waals surface area contributed by atoms with Crippen LogP contribution in [0.5, 0.6) is 5.75 Å². The highest BCUT2D eigenvalue weighted by molar-refractivity contribution is 5.91. The molecule has 0 saturated carbocycles. The molecule has 0 aliphatic heterocycles. The number of carbonyl (C=O) groups is 1. The minimum absolute atomic E-state index is 0.151. The van der Waals surface area contributed by atoms with Crippen LogP contribution in [0.15, 0.2) is 48.5 Å². The van der Waals surface area contributed by atoms with Gasteiger partial charge in [0.25, 0.3) is 5.91 Å². The molecule has 2 rings (SSSR count). The lowest BCUT2D eigenvalue weighted by atomic mass is 10.2. The summed E-state index contributed by atoms with van der Waals surface area (Å²) < 4.78 is 18.7. The monoisotopic (exact) mass is 273 g/mol. The highest BCUT2D eigenvalue weighted by Crippen LogP contribution is 2.15. The van der Waals surface area contributed by atoms with E-state index >= 15 is 0 Å². The van der Waals surface area contributed by atoms with Gasteiger partial charge in [-0.2, -0.15) is 0 Å². The Morgan fingerprint density at radius 3 is 2.75 bits per heavy atom. The molecule has 0 aromatic heterocycles. The van der Waals surface area contributed by atoms with E-state index in [1.54, 1.807) is 18.2 Å². The second-order valence-electron chi connectivity index (χ2n) is 4.32. The molecule has 1 N–H and O–H groups in total. The zero-order valence-corrected chi connectivity index (χ0v) is 11.2. The van der Waals surface area contributed by atoms with E-state index in [1.807, 2.05) is 25.1 Å². The number of para-hydroxylation sites is 1. The summed E-state index contributed by atoms with van der Waals surface area (Å²) in [5, 5.41) is 2.47. The van der Waals surface area contributed by atoms with E-state index in [0.29, 0.717) is 5.75 Å². The van der Waals surface area contributed by atoms with Crippen molar-refractivity contribution in [2.24, 2.45) is 0 Å². The van der Waals surface area contributed by atoms with Crippen LogP contribution in [-0.2, 0) is 11.2 Å². The molecule has 0 spiro atoms. The van der Waals surface area contributed by atoms with Crippen molar-refractivity contribution < 1.29 is 13.9 Å². The molecule has 20 heavy (non-hydrogen) atoms. The predicted molar refractivity (Wildman–Crippen MR) is 76.3 cm³/mol.